The third-order valence-electron chi connectivity index (χ3n) is 2.01. The first-order valence-corrected chi connectivity index (χ1v) is 5.11. The molecule has 1 heterocycles. The number of aromatic nitrogens is 2. The average Bonchev–Trinajstić information content (AvgIpc) is 2.59. The zero-order valence-corrected chi connectivity index (χ0v) is 9.61. The number of nitrogens with one attached hydrogen (secondary N) is 1. The molecule has 5 heteroatoms. The Labute approximate surface area is 94.6 Å². The molecular weight excluding hydrogens is 260 g/mol. The molecule has 0 unspecified atom stereocenters. The molecule has 0 bridgehead atoms. The third-order valence-corrected chi connectivity index (χ3v) is 2.58. The Hall–Kier alpha value is -1.49. The van der Waals surface area contributed by atoms with Crippen LogP contribution in [0.3, 0.4) is 0 Å². The number of hydrogen-bond acceptors (Lipinski definition) is 2. The molecule has 0 fully saturated rings. The van der Waals surface area contributed by atoms with Crippen molar-refractivity contribution in [1.29, 1.82) is 0 Å². The summed E-state index contributed by atoms with van der Waals surface area (Å²) >= 11 is 3.15. The number of aromatic amines is 1. The monoisotopic (exact) mass is 268 g/mol. The van der Waals surface area contributed by atoms with Crippen molar-refractivity contribution < 1.29 is 4.74 Å². The number of methoxy groups -OCH3 is 1. The first kappa shape index (κ1) is 10.0. The maximum absolute atomic E-state index is 11.2. The van der Waals surface area contributed by atoms with Crippen LogP contribution >= 0.6 is 15.9 Å². The van der Waals surface area contributed by atoms with Gasteiger partial charge in [-0.15, -0.1) is 0 Å². The van der Waals surface area contributed by atoms with Crippen LogP contribution in [0.2, 0.25) is 0 Å². The van der Waals surface area contributed by atoms with E-state index in [0.29, 0.717) is 4.47 Å². The Morgan fingerprint density at radius 2 is 2.27 bits per heavy atom. The standard InChI is InChI=1S/C10H9BrN2O2/c1-15-8-4-2-3-7(5-8)13-6-9(11)10(14)12-13/h2-6H,1H3,(H,12,14). The molecule has 4 nitrogen and oxygen atoms in total. The van der Waals surface area contributed by atoms with Gasteiger partial charge in [-0.25, -0.2) is 0 Å². The summed E-state index contributed by atoms with van der Waals surface area (Å²) in [6, 6.07) is 7.42. The lowest BCUT2D eigenvalue weighted by Gasteiger charge is -2.04. The molecule has 0 aliphatic carbocycles. The minimum Gasteiger partial charge on any atom is -0.497 e. The molecule has 0 aliphatic heterocycles. The fourth-order valence-electron chi connectivity index (χ4n) is 1.27. The largest absolute Gasteiger partial charge is 0.497 e. The molecule has 1 N–H and O–H groups in total. The van der Waals surface area contributed by atoms with Gasteiger partial charge in [0.05, 0.1) is 12.8 Å². The van der Waals surface area contributed by atoms with Gasteiger partial charge in [0.25, 0.3) is 5.56 Å². The molecule has 0 radical (unpaired) electrons. The van der Waals surface area contributed by atoms with Crippen LogP contribution < -0.4 is 10.3 Å². The molecule has 0 spiro atoms. The van der Waals surface area contributed by atoms with Gasteiger partial charge in [0.1, 0.15) is 10.2 Å². The highest BCUT2D eigenvalue weighted by atomic mass is 79.9. The van der Waals surface area contributed by atoms with Crippen molar-refractivity contribution in [3.05, 3.63) is 45.3 Å². The zero-order chi connectivity index (χ0) is 10.8. The van der Waals surface area contributed by atoms with Crippen LogP contribution in [0.4, 0.5) is 0 Å². The van der Waals surface area contributed by atoms with E-state index in [4.69, 9.17) is 4.74 Å². The molecule has 0 saturated carbocycles. The smallest absolute Gasteiger partial charge is 0.278 e. The van der Waals surface area contributed by atoms with E-state index in [9.17, 15) is 4.79 Å². The predicted octanol–water partition coefficient (Wildman–Crippen LogP) is 1.94. The van der Waals surface area contributed by atoms with E-state index >= 15 is 0 Å². The predicted molar refractivity (Wildman–Crippen MR) is 60.6 cm³/mol. The molecule has 78 valence electrons. The van der Waals surface area contributed by atoms with Crippen molar-refractivity contribution in [1.82, 2.24) is 9.78 Å². The summed E-state index contributed by atoms with van der Waals surface area (Å²) < 4.78 is 7.24. The van der Waals surface area contributed by atoms with Crippen molar-refractivity contribution >= 4 is 15.9 Å². The summed E-state index contributed by atoms with van der Waals surface area (Å²) in [5.74, 6) is 0.748. The van der Waals surface area contributed by atoms with Gasteiger partial charge in [-0.1, -0.05) is 6.07 Å². The summed E-state index contributed by atoms with van der Waals surface area (Å²) in [6.45, 7) is 0. The number of hydrogen-bond donors (Lipinski definition) is 1. The minimum absolute atomic E-state index is 0.155. The number of benzene rings is 1. The Kier molecular flexibility index (Phi) is 2.64. The fourth-order valence-corrected chi connectivity index (χ4v) is 1.56. The summed E-state index contributed by atoms with van der Waals surface area (Å²) in [6.07, 6.45) is 1.68. The van der Waals surface area contributed by atoms with Crippen LogP contribution in [0.1, 0.15) is 0 Å². The SMILES string of the molecule is COc1cccc(-n2cc(Br)c(=O)[nH]2)c1. The van der Waals surface area contributed by atoms with Gasteiger partial charge < -0.3 is 4.74 Å². The summed E-state index contributed by atoms with van der Waals surface area (Å²) in [4.78, 5) is 11.2. The van der Waals surface area contributed by atoms with Gasteiger partial charge >= 0.3 is 0 Å². The quantitative estimate of drug-likeness (QED) is 0.905. The number of H-pyrrole nitrogens is 1. The van der Waals surface area contributed by atoms with Crippen LogP contribution in [0.25, 0.3) is 5.69 Å². The molecule has 0 atom stereocenters. The maximum Gasteiger partial charge on any atom is 0.278 e. The summed E-state index contributed by atoms with van der Waals surface area (Å²) in [5, 5.41) is 2.67. The molecule has 1 aromatic carbocycles. The van der Waals surface area contributed by atoms with Gasteiger partial charge in [-0.05, 0) is 28.1 Å². The van der Waals surface area contributed by atoms with Crippen LogP contribution in [0.15, 0.2) is 39.7 Å². The summed E-state index contributed by atoms with van der Waals surface area (Å²) in [5.41, 5.74) is 0.690. The van der Waals surface area contributed by atoms with Crippen molar-refractivity contribution in [2.24, 2.45) is 0 Å². The van der Waals surface area contributed by atoms with Crippen molar-refractivity contribution in [3.63, 3.8) is 0 Å². The molecule has 0 saturated heterocycles. The van der Waals surface area contributed by atoms with Gasteiger partial charge in [-0.3, -0.25) is 14.6 Å². The van der Waals surface area contributed by atoms with E-state index in [1.807, 2.05) is 24.3 Å². The van der Waals surface area contributed by atoms with Crippen molar-refractivity contribution in [2.75, 3.05) is 7.11 Å². The molecular formula is C10H9BrN2O2. The van der Waals surface area contributed by atoms with Crippen LogP contribution in [0.5, 0.6) is 5.75 Å². The van der Waals surface area contributed by atoms with E-state index in [0.717, 1.165) is 11.4 Å². The van der Waals surface area contributed by atoms with Crippen LogP contribution in [-0.2, 0) is 0 Å². The number of halogens is 1. The highest BCUT2D eigenvalue weighted by Gasteiger charge is 2.02. The normalized spacial score (nSPS) is 10.3. The number of nitrogens with zero attached hydrogens (tertiary/aromatic N) is 1. The van der Waals surface area contributed by atoms with Crippen LogP contribution in [-0.4, -0.2) is 16.9 Å². The highest BCUT2D eigenvalue weighted by molar-refractivity contribution is 9.10. The fraction of sp³-hybridized carbons (Fsp3) is 0.100. The first-order chi connectivity index (χ1) is 7.20. The Balaban J connectivity index is 2.49. The second-order valence-electron chi connectivity index (χ2n) is 2.99. The number of ether oxygens (including phenoxy) is 1. The lowest BCUT2D eigenvalue weighted by atomic mass is 10.3. The molecule has 2 aromatic rings. The Morgan fingerprint density at radius 3 is 2.87 bits per heavy atom. The summed E-state index contributed by atoms with van der Waals surface area (Å²) in [7, 11) is 1.60. The Bertz CT molecular complexity index is 530. The maximum atomic E-state index is 11.2. The van der Waals surface area contributed by atoms with Gasteiger partial charge in [-0.2, -0.15) is 0 Å². The van der Waals surface area contributed by atoms with E-state index in [-0.39, 0.29) is 5.56 Å². The van der Waals surface area contributed by atoms with Gasteiger partial charge in [0.15, 0.2) is 0 Å². The molecule has 1 aromatic heterocycles. The molecule has 0 amide bonds. The number of rotatable bonds is 2. The lowest BCUT2D eigenvalue weighted by Crippen LogP contribution is -2.04. The van der Waals surface area contributed by atoms with Gasteiger partial charge in [0.2, 0.25) is 0 Å². The van der Waals surface area contributed by atoms with Crippen molar-refractivity contribution in [3.8, 4) is 11.4 Å². The van der Waals surface area contributed by atoms with Crippen LogP contribution in [0, 0.1) is 0 Å². The second-order valence-corrected chi connectivity index (χ2v) is 3.84. The minimum atomic E-state index is -0.155. The molecule has 2 rings (SSSR count). The molecule has 0 aliphatic rings. The second kappa shape index (κ2) is 3.94. The lowest BCUT2D eigenvalue weighted by molar-refractivity contribution is 0.414. The first-order valence-electron chi connectivity index (χ1n) is 4.32. The van der Waals surface area contributed by atoms with E-state index in [1.54, 1.807) is 18.0 Å². The Morgan fingerprint density at radius 1 is 1.47 bits per heavy atom. The average molecular weight is 269 g/mol. The zero-order valence-electron chi connectivity index (χ0n) is 8.03. The van der Waals surface area contributed by atoms with Gasteiger partial charge in [0, 0.05) is 12.3 Å². The highest BCUT2D eigenvalue weighted by Crippen LogP contribution is 2.16. The van der Waals surface area contributed by atoms with E-state index in [2.05, 4.69) is 21.0 Å². The third kappa shape index (κ3) is 1.97. The molecule has 15 heavy (non-hydrogen) atoms. The van der Waals surface area contributed by atoms with E-state index < -0.39 is 0 Å². The van der Waals surface area contributed by atoms with E-state index in [1.165, 1.54) is 0 Å². The topological polar surface area (TPSA) is 47.0 Å². The van der Waals surface area contributed by atoms with Crippen molar-refractivity contribution in [2.45, 2.75) is 0 Å².